The molecule has 0 unspecified atom stereocenters. The number of ether oxygens (including phenoxy) is 3. The lowest BCUT2D eigenvalue weighted by molar-refractivity contribution is 0.0916. The van der Waals surface area contributed by atoms with E-state index < -0.39 is 0 Å². The lowest BCUT2D eigenvalue weighted by atomic mass is 9.93. The first-order valence-electron chi connectivity index (χ1n) is 7.35. The van der Waals surface area contributed by atoms with Crippen molar-refractivity contribution in [2.24, 2.45) is 0 Å². The van der Waals surface area contributed by atoms with Crippen LogP contribution in [0.15, 0.2) is 18.2 Å². The highest BCUT2D eigenvalue weighted by molar-refractivity contribution is 5.95. The van der Waals surface area contributed by atoms with Crippen LogP contribution in [0.1, 0.15) is 36.0 Å². The van der Waals surface area contributed by atoms with E-state index in [1.807, 2.05) is 0 Å². The quantitative estimate of drug-likeness (QED) is 0.748. The van der Waals surface area contributed by atoms with Crippen molar-refractivity contribution in [3.8, 4) is 11.5 Å². The fourth-order valence-corrected chi connectivity index (χ4v) is 2.14. The third-order valence-corrected chi connectivity index (χ3v) is 3.62. The average Bonchev–Trinajstić information content (AvgIpc) is 2.47. The van der Waals surface area contributed by atoms with Crippen LogP contribution < -0.4 is 14.8 Å². The Hall–Kier alpha value is -1.75. The van der Waals surface area contributed by atoms with Gasteiger partial charge in [-0.25, -0.2) is 0 Å². The fraction of sp³-hybridized carbons (Fsp3) is 0.562. The molecule has 1 N–H and O–H groups in total. The van der Waals surface area contributed by atoms with Gasteiger partial charge in [-0.3, -0.25) is 4.79 Å². The van der Waals surface area contributed by atoms with Crippen molar-refractivity contribution in [2.45, 2.75) is 31.7 Å². The van der Waals surface area contributed by atoms with E-state index in [1.165, 1.54) is 6.42 Å². The third-order valence-electron chi connectivity index (χ3n) is 3.62. The van der Waals surface area contributed by atoms with Crippen molar-refractivity contribution < 1.29 is 19.0 Å². The molecule has 1 aromatic carbocycles. The molecule has 0 bridgehead atoms. The second-order valence-corrected chi connectivity index (χ2v) is 5.16. The maximum absolute atomic E-state index is 12.1. The minimum Gasteiger partial charge on any atom is -0.493 e. The molecule has 0 saturated heterocycles. The Labute approximate surface area is 125 Å². The first kappa shape index (κ1) is 15.6. The van der Waals surface area contributed by atoms with Crippen LogP contribution in [0.4, 0.5) is 0 Å². The number of benzene rings is 1. The minimum atomic E-state index is -0.0518. The van der Waals surface area contributed by atoms with E-state index in [0.717, 1.165) is 19.3 Å². The van der Waals surface area contributed by atoms with Crippen LogP contribution in [0.25, 0.3) is 0 Å². The van der Waals surface area contributed by atoms with Gasteiger partial charge in [0.15, 0.2) is 11.5 Å². The molecule has 0 spiro atoms. The first-order valence-corrected chi connectivity index (χ1v) is 7.35. The summed E-state index contributed by atoms with van der Waals surface area (Å²) in [6.45, 7) is 1.17. The minimum absolute atomic E-state index is 0.0518. The molecule has 5 heteroatoms. The zero-order valence-electron chi connectivity index (χ0n) is 12.7. The van der Waals surface area contributed by atoms with Crippen molar-refractivity contribution in [3.63, 3.8) is 0 Å². The highest BCUT2D eigenvalue weighted by Crippen LogP contribution is 2.28. The van der Waals surface area contributed by atoms with E-state index in [2.05, 4.69) is 5.32 Å². The lowest BCUT2D eigenvalue weighted by Gasteiger charge is -2.26. The summed E-state index contributed by atoms with van der Waals surface area (Å²) in [5, 5.41) is 3.02. The molecule has 5 nitrogen and oxygen atoms in total. The topological polar surface area (TPSA) is 56.8 Å². The smallest absolute Gasteiger partial charge is 0.251 e. The van der Waals surface area contributed by atoms with Gasteiger partial charge in [-0.15, -0.1) is 0 Å². The Morgan fingerprint density at radius 1 is 1.24 bits per heavy atom. The van der Waals surface area contributed by atoms with Gasteiger partial charge in [0.2, 0.25) is 0 Å². The van der Waals surface area contributed by atoms with E-state index in [4.69, 9.17) is 14.2 Å². The van der Waals surface area contributed by atoms with Gasteiger partial charge in [0, 0.05) is 31.7 Å². The number of carbonyl (C=O) groups excluding carboxylic acids is 1. The van der Waals surface area contributed by atoms with Crippen molar-refractivity contribution >= 4 is 5.91 Å². The Kier molecular flexibility index (Phi) is 5.87. The highest BCUT2D eigenvalue weighted by Gasteiger charge is 2.20. The van der Waals surface area contributed by atoms with Crippen molar-refractivity contribution in [3.05, 3.63) is 23.8 Å². The summed E-state index contributed by atoms with van der Waals surface area (Å²) in [4.78, 5) is 12.1. The van der Waals surface area contributed by atoms with Gasteiger partial charge < -0.3 is 19.5 Å². The lowest BCUT2D eigenvalue weighted by Crippen LogP contribution is -2.39. The Morgan fingerprint density at radius 2 is 2.05 bits per heavy atom. The van der Waals surface area contributed by atoms with E-state index in [-0.39, 0.29) is 5.91 Å². The molecule has 1 aliphatic rings. The molecule has 0 atom stereocenters. The molecular formula is C16H23NO4. The number of nitrogens with one attached hydrogen (secondary N) is 1. The maximum atomic E-state index is 12.1. The predicted molar refractivity (Wildman–Crippen MR) is 80.1 cm³/mol. The summed E-state index contributed by atoms with van der Waals surface area (Å²) >= 11 is 0. The summed E-state index contributed by atoms with van der Waals surface area (Å²) < 4.78 is 15.9. The monoisotopic (exact) mass is 293 g/mol. The van der Waals surface area contributed by atoms with Crippen LogP contribution in [-0.2, 0) is 4.74 Å². The average molecular weight is 293 g/mol. The zero-order chi connectivity index (χ0) is 15.1. The van der Waals surface area contributed by atoms with Gasteiger partial charge in [-0.05, 0) is 37.5 Å². The van der Waals surface area contributed by atoms with Gasteiger partial charge in [0.05, 0.1) is 13.7 Å². The van der Waals surface area contributed by atoms with Gasteiger partial charge in [0.1, 0.15) is 0 Å². The number of hydrogen-bond donors (Lipinski definition) is 1. The molecule has 1 fully saturated rings. The van der Waals surface area contributed by atoms with Crippen LogP contribution in [0.5, 0.6) is 11.5 Å². The Morgan fingerprint density at radius 3 is 2.67 bits per heavy atom. The maximum Gasteiger partial charge on any atom is 0.251 e. The van der Waals surface area contributed by atoms with E-state index in [1.54, 1.807) is 32.4 Å². The molecular weight excluding hydrogens is 270 g/mol. The molecule has 1 saturated carbocycles. The van der Waals surface area contributed by atoms with Crippen LogP contribution in [0, 0.1) is 0 Å². The number of methoxy groups -OCH3 is 2. The SMILES string of the molecule is COCCCOc1cc(C(=O)NC2CCC2)ccc1OC. The first-order chi connectivity index (χ1) is 10.2. The molecule has 2 rings (SSSR count). The molecule has 1 aromatic rings. The molecule has 21 heavy (non-hydrogen) atoms. The summed E-state index contributed by atoms with van der Waals surface area (Å²) in [6.07, 6.45) is 4.13. The third kappa shape index (κ3) is 4.36. The van der Waals surface area contributed by atoms with Crippen LogP contribution in [-0.4, -0.2) is 39.4 Å². The fourth-order valence-electron chi connectivity index (χ4n) is 2.14. The summed E-state index contributed by atoms with van der Waals surface area (Å²) in [6, 6.07) is 5.58. The molecule has 1 amide bonds. The molecule has 0 aromatic heterocycles. The summed E-state index contributed by atoms with van der Waals surface area (Å²) in [7, 11) is 3.25. The molecule has 116 valence electrons. The van der Waals surface area contributed by atoms with E-state index in [9.17, 15) is 4.79 Å². The van der Waals surface area contributed by atoms with Crippen LogP contribution in [0.2, 0.25) is 0 Å². The second-order valence-electron chi connectivity index (χ2n) is 5.16. The van der Waals surface area contributed by atoms with Gasteiger partial charge in [-0.1, -0.05) is 0 Å². The number of hydrogen-bond acceptors (Lipinski definition) is 4. The molecule has 1 aliphatic carbocycles. The number of amides is 1. The van der Waals surface area contributed by atoms with Gasteiger partial charge in [0.25, 0.3) is 5.91 Å². The Balaban J connectivity index is 1.99. The zero-order valence-corrected chi connectivity index (χ0v) is 12.7. The largest absolute Gasteiger partial charge is 0.493 e. The number of carbonyl (C=O) groups is 1. The van der Waals surface area contributed by atoms with Crippen molar-refractivity contribution in [2.75, 3.05) is 27.4 Å². The van der Waals surface area contributed by atoms with Gasteiger partial charge >= 0.3 is 0 Å². The molecule has 0 heterocycles. The second kappa shape index (κ2) is 7.88. The Bertz CT molecular complexity index is 471. The normalized spacial score (nSPS) is 14.4. The van der Waals surface area contributed by atoms with Crippen molar-refractivity contribution in [1.82, 2.24) is 5.32 Å². The van der Waals surface area contributed by atoms with E-state index >= 15 is 0 Å². The van der Waals surface area contributed by atoms with Crippen LogP contribution >= 0.6 is 0 Å². The predicted octanol–water partition coefficient (Wildman–Crippen LogP) is 2.39. The standard InChI is InChI=1S/C16H23NO4/c1-19-9-4-10-21-15-11-12(7-8-14(15)20-2)16(18)17-13-5-3-6-13/h7-8,11,13H,3-6,9-10H2,1-2H3,(H,17,18). The van der Waals surface area contributed by atoms with Crippen LogP contribution in [0.3, 0.4) is 0 Å². The van der Waals surface area contributed by atoms with E-state index in [0.29, 0.717) is 36.3 Å². The summed E-state index contributed by atoms with van der Waals surface area (Å²) in [5.41, 5.74) is 0.601. The molecule has 0 radical (unpaired) electrons. The van der Waals surface area contributed by atoms with Gasteiger partial charge in [-0.2, -0.15) is 0 Å². The van der Waals surface area contributed by atoms with Crippen molar-refractivity contribution in [1.29, 1.82) is 0 Å². The highest BCUT2D eigenvalue weighted by atomic mass is 16.5. The summed E-state index contributed by atoms with van der Waals surface area (Å²) in [5.74, 6) is 1.17. The number of rotatable bonds is 8. The molecule has 0 aliphatic heterocycles.